The first kappa shape index (κ1) is 21.7. The number of hydrogen-bond donors (Lipinski definition) is 1. The van der Waals surface area contributed by atoms with Crippen molar-refractivity contribution < 1.29 is 14.3 Å². The summed E-state index contributed by atoms with van der Waals surface area (Å²) < 4.78 is 5.00. The third-order valence-corrected chi connectivity index (χ3v) is 6.65. The van der Waals surface area contributed by atoms with Crippen LogP contribution in [-0.2, 0) is 11.2 Å². The molecular weight excluding hydrogens is 420 g/mol. The van der Waals surface area contributed by atoms with Gasteiger partial charge in [0, 0.05) is 15.8 Å². The van der Waals surface area contributed by atoms with Crippen LogP contribution in [0.3, 0.4) is 0 Å². The summed E-state index contributed by atoms with van der Waals surface area (Å²) in [6.07, 6.45) is 0.679. The standard InChI is InChI=1S/C26H24N2O3S/c1-5-18-16(3)32-25(22(18)26(30)31-4)28-24(29)21-15(2)23(17-11-7-6-8-12-17)27-20-14-10-9-13-19(20)21/h6-14H,5H2,1-4H3,(H,28,29). The van der Waals surface area contributed by atoms with E-state index in [4.69, 9.17) is 9.72 Å². The van der Waals surface area contributed by atoms with Gasteiger partial charge in [0.1, 0.15) is 5.00 Å². The normalized spacial score (nSPS) is 10.9. The molecule has 0 saturated carbocycles. The molecule has 0 aliphatic rings. The SMILES string of the molecule is CCc1c(C)sc(NC(=O)c2c(C)c(-c3ccccc3)nc3ccccc23)c1C(=O)OC. The monoisotopic (exact) mass is 444 g/mol. The molecular formula is C26H24N2O3S. The van der Waals surface area contributed by atoms with E-state index >= 15 is 0 Å². The van der Waals surface area contributed by atoms with Crippen molar-refractivity contribution in [3.63, 3.8) is 0 Å². The van der Waals surface area contributed by atoms with Crippen molar-refractivity contribution in [1.82, 2.24) is 4.98 Å². The number of rotatable bonds is 5. The molecule has 1 N–H and O–H groups in total. The van der Waals surface area contributed by atoms with Crippen LogP contribution < -0.4 is 5.32 Å². The third-order valence-electron chi connectivity index (χ3n) is 5.59. The van der Waals surface area contributed by atoms with Gasteiger partial charge in [-0.3, -0.25) is 4.79 Å². The Balaban J connectivity index is 1.87. The number of aryl methyl sites for hydroxylation is 1. The van der Waals surface area contributed by atoms with Gasteiger partial charge in [-0.05, 0) is 37.5 Å². The van der Waals surface area contributed by atoms with Crippen LogP contribution in [0.1, 0.15) is 43.6 Å². The highest BCUT2D eigenvalue weighted by Gasteiger charge is 2.25. The number of nitrogens with one attached hydrogen (secondary N) is 1. The maximum atomic E-state index is 13.6. The molecule has 0 unspecified atom stereocenters. The van der Waals surface area contributed by atoms with Crippen LogP contribution in [0.5, 0.6) is 0 Å². The number of methoxy groups -OCH3 is 1. The summed E-state index contributed by atoms with van der Waals surface area (Å²) in [5, 5.41) is 4.28. The first-order chi connectivity index (χ1) is 15.5. The minimum Gasteiger partial charge on any atom is -0.465 e. The molecule has 0 saturated heterocycles. The number of esters is 1. The second kappa shape index (κ2) is 8.93. The number of ether oxygens (including phenoxy) is 1. The number of para-hydroxylation sites is 1. The van der Waals surface area contributed by atoms with Crippen molar-refractivity contribution in [1.29, 1.82) is 0 Å². The first-order valence-corrected chi connectivity index (χ1v) is 11.2. The van der Waals surface area contributed by atoms with E-state index in [1.54, 1.807) is 0 Å². The fraction of sp³-hybridized carbons (Fsp3) is 0.192. The summed E-state index contributed by atoms with van der Waals surface area (Å²) in [4.78, 5) is 31.9. The predicted molar refractivity (Wildman–Crippen MR) is 130 cm³/mol. The zero-order chi connectivity index (χ0) is 22.8. The van der Waals surface area contributed by atoms with Crippen LogP contribution in [0.2, 0.25) is 0 Å². The van der Waals surface area contributed by atoms with E-state index in [-0.39, 0.29) is 5.91 Å². The quantitative estimate of drug-likeness (QED) is 0.373. The predicted octanol–water partition coefficient (Wildman–Crippen LogP) is 6.18. The van der Waals surface area contributed by atoms with Crippen molar-refractivity contribution in [2.45, 2.75) is 27.2 Å². The van der Waals surface area contributed by atoms with Crippen molar-refractivity contribution in [3.8, 4) is 11.3 Å². The molecule has 5 nitrogen and oxygen atoms in total. The molecule has 0 fully saturated rings. The number of carbonyl (C=O) groups is 2. The lowest BCUT2D eigenvalue weighted by atomic mass is 9.97. The molecule has 0 aliphatic carbocycles. The largest absolute Gasteiger partial charge is 0.465 e. The van der Waals surface area contributed by atoms with E-state index in [2.05, 4.69) is 5.32 Å². The zero-order valence-electron chi connectivity index (χ0n) is 18.5. The van der Waals surface area contributed by atoms with E-state index in [0.29, 0.717) is 22.5 Å². The summed E-state index contributed by atoms with van der Waals surface area (Å²) in [6, 6.07) is 17.4. The van der Waals surface area contributed by atoms with Crippen molar-refractivity contribution in [3.05, 3.63) is 81.7 Å². The Labute approximate surface area is 191 Å². The fourth-order valence-electron chi connectivity index (χ4n) is 4.05. The van der Waals surface area contributed by atoms with E-state index in [1.165, 1.54) is 18.4 Å². The third kappa shape index (κ3) is 3.78. The van der Waals surface area contributed by atoms with E-state index in [9.17, 15) is 9.59 Å². The molecule has 0 spiro atoms. The number of hydrogen-bond acceptors (Lipinski definition) is 5. The molecule has 0 aliphatic heterocycles. The lowest BCUT2D eigenvalue weighted by Gasteiger charge is -2.15. The molecule has 2 aromatic carbocycles. The maximum Gasteiger partial charge on any atom is 0.341 e. The number of pyridine rings is 1. The van der Waals surface area contributed by atoms with Gasteiger partial charge in [-0.1, -0.05) is 55.5 Å². The highest BCUT2D eigenvalue weighted by molar-refractivity contribution is 7.16. The molecule has 4 rings (SSSR count). The molecule has 6 heteroatoms. The topological polar surface area (TPSA) is 68.3 Å². The molecule has 4 aromatic rings. The Morgan fingerprint density at radius 2 is 1.69 bits per heavy atom. The second-order valence-electron chi connectivity index (χ2n) is 7.48. The van der Waals surface area contributed by atoms with Crippen LogP contribution in [-0.4, -0.2) is 24.0 Å². The molecule has 0 bridgehead atoms. The van der Waals surface area contributed by atoms with E-state index < -0.39 is 5.97 Å². The Hall–Kier alpha value is -3.51. The lowest BCUT2D eigenvalue weighted by Crippen LogP contribution is -2.17. The van der Waals surface area contributed by atoms with Crippen molar-refractivity contribution in [2.24, 2.45) is 0 Å². The molecule has 32 heavy (non-hydrogen) atoms. The van der Waals surface area contributed by atoms with Crippen LogP contribution in [0.4, 0.5) is 5.00 Å². The molecule has 0 radical (unpaired) electrons. The van der Waals surface area contributed by atoms with Gasteiger partial charge in [0.25, 0.3) is 5.91 Å². The average molecular weight is 445 g/mol. The second-order valence-corrected chi connectivity index (χ2v) is 8.71. The minimum atomic E-state index is -0.442. The molecule has 2 aromatic heterocycles. The van der Waals surface area contributed by atoms with Crippen LogP contribution >= 0.6 is 11.3 Å². The Bertz CT molecular complexity index is 1330. The van der Waals surface area contributed by atoms with Gasteiger partial charge < -0.3 is 10.1 Å². The summed E-state index contributed by atoms with van der Waals surface area (Å²) in [6.45, 7) is 5.85. The first-order valence-electron chi connectivity index (χ1n) is 10.4. The lowest BCUT2D eigenvalue weighted by molar-refractivity contribution is 0.0601. The maximum absolute atomic E-state index is 13.6. The molecule has 1 amide bonds. The van der Waals surface area contributed by atoms with Crippen LogP contribution in [0, 0.1) is 13.8 Å². The summed E-state index contributed by atoms with van der Waals surface area (Å²) >= 11 is 1.40. The van der Waals surface area contributed by atoms with Crippen LogP contribution in [0.15, 0.2) is 54.6 Å². The number of benzene rings is 2. The summed E-state index contributed by atoms with van der Waals surface area (Å²) in [5.74, 6) is -0.713. The minimum absolute atomic E-state index is 0.271. The Kier molecular flexibility index (Phi) is 6.06. The summed E-state index contributed by atoms with van der Waals surface area (Å²) in [7, 11) is 1.35. The molecule has 2 heterocycles. The number of fused-ring (bicyclic) bond motifs is 1. The highest BCUT2D eigenvalue weighted by atomic mass is 32.1. The zero-order valence-corrected chi connectivity index (χ0v) is 19.3. The average Bonchev–Trinajstić information content (AvgIpc) is 3.12. The van der Waals surface area contributed by atoms with Gasteiger partial charge in [0.05, 0.1) is 29.4 Å². The van der Waals surface area contributed by atoms with Crippen molar-refractivity contribution >= 4 is 39.1 Å². The van der Waals surface area contributed by atoms with Crippen molar-refractivity contribution in [2.75, 3.05) is 12.4 Å². The number of amides is 1. The summed E-state index contributed by atoms with van der Waals surface area (Å²) in [5.41, 5.74) is 5.13. The number of nitrogens with zero attached hydrogens (tertiary/aromatic N) is 1. The Morgan fingerprint density at radius 3 is 2.38 bits per heavy atom. The van der Waals surface area contributed by atoms with Gasteiger partial charge in [-0.15, -0.1) is 11.3 Å². The fourth-order valence-corrected chi connectivity index (χ4v) is 5.18. The van der Waals surface area contributed by atoms with Gasteiger partial charge in [0.15, 0.2) is 0 Å². The molecule has 0 atom stereocenters. The smallest absolute Gasteiger partial charge is 0.341 e. The number of aromatic nitrogens is 1. The van der Waals surface area contributed by atoms with Gasteiger partial charge in [0.2, 0.25) is 0 Å². The van der Waals surface area contributed by atoms with E-state index in [1.807, 2.05) is 75.4 Å². The highest BCUT2D eigenvalue weighted by Crippen LogP contribution is 2.36. The number of thiophene rings is 1. The van der Waals surface area contributed by atoms with Crippen LogP contribution in [0.25, 0.3) is 22.2 Å². The number of carbonyl (C=O) groups excluding carboxylic acids is 2. The van der Waals surface area contributed by atoms with E-state index in [0.717, 1.165) is 38.2 Å². The number of anilines is 1. The van der Waals surface area contributed by atoms with Gasteiger partial charge >= 0.3 is 5.97 Å². The Morgan fingerprint density at radius 1 is 1.00 bits per heavy atom. The molecule has 162 valence electrons. The van der Waals surface area contributed by atoms with Gasteiger partial charge in [-0.25, -0.2) is 9.78 Å². The van der Waals surface area contributed by atoms with Gasteiger partial charge in [-0.2, -0.15) is 0 Å².